The van der Waals surface area contributed by atoms with Crippen LogP contribution >= 0.6 is 11.8 Å². The molecule has 0 spiro atoms. The van der Waals surface area contributed by atoms with E-state index in [9.17, 15) is 9.90 Å². The Balaban J connectivity index is 2.11. The first-order chi connectivity index (χ1) is 9.15. The van der Waals surface area contributed by atoms with Crippen LogP contribution < -0.4 is 0 Å². The average Bonchev–Trinajstić information content (AvgIpc) is 2.86. The number of hydrogen-bond acceptors (Lipinski definition) is 4. The summed E-state index contributed by atoms with van der Waals surface area (Å²) in [6.07, 6.45) is 3.50. The van der Waals surface area contributed by atoms with Gasteiger partial charge in [-0.25, -0.2) is 0 Å². The van der Waals surface area contributed by atoms with E-state index >= 15 is 0 Å². The van der Waals surface area contributed by atoms with E-state index in [0.717, 1.165) is 13.0 Å². The zero-order valence-corrected chi connectivity index (χ0v) is 12.7. The molecule has 0 aromatic heterocycles. The van der Waals surface area contributed by atoms with Gasteiger partial charge < -0.3 is 9.84 Å². The third-order valence-electron chi connectivity index (χ3n) is 4.27. The van der Waals surface area contributed by atoms with Gasteiger partial charge in [-0.15, -0.1) is 0 Å². The third-order valence-corrected chi connectivity index (χ3v) is 5.63. The quantitative estimate of drug-likeness (QED) is 0.839. The number of hydrogen-bond donors (Lipinski definition) is 1. The van der Waals surface area contributed by atoms with Crippen LogP contribution in [0.3, 0.4) is 0 Å². The van der Waals surface area contributed by atoms with Gasteiger partial charge in [-0.05, 0) is 31.6 Å². The topological polar surface area (TPSA) is 49.8 Å². The Labute approximate surface area is 119 Å². The molecule has 0 aromatic rings. The second-order valence-electron chi connectivity index (χ2n) is 5.57. The summed E-state index contributed by atoms with van der Waals surface area (Å²) in [7, 11) is 0. The maximum absolute atomic E-state index is 11.4. The summed E-state index contributed by atoms with van der Waals surface area (Å²) in [5.41, 5.74) is 0. The molecule has 2 aliphatic rings. The molecule has 0 amide bonds. The van der Waals surface area contributed by atoms with Gasteiger partial charge in [-0.1, -0.05) is 13.8 Å². The van der Waals surface area contributed by atoms with Gasteiger partial charge in [0.05, 0.1) is 19.1 Å². The first-order valence-corrected chi connectivity index (χ1v) is 8.38. The predicted octanol–water partition coefficient (Wildman–Crippen LogP) is 2.08. The molecule has 0 aliphatic carbocycles. The number of thioether (sulfide) groups is 1. The molecule has 0 aromatic carbocycles. The lowest BCUT2D eigenvalue weighted by Crippen LogP contribution is -2.52. The molecule has 5 heteroatoms. The Kier molecular flexibility index (Phi) is 5.54. The van der Waals surface area contributed by atoms with E-state index in [1.54, 1.807) is 0 Å². The summed E-state index contributed by atoms with van der Waals surface area (Å²) >= 11 is 2.02. The van der Waals surface area contributed by atoms with Gasteiger partial charge in [-0.2, -0.15) is 11.8 Å². The maximum atomic E-state index is 11.4. The summed E-state index contributed by atoms with van der Waals surface area (Å²) in [6.45, 7) is 6.37. The molecule has 2 rings (SSSR count). The van der Waals surface area contributed by atoms with Crippen molar-refractivity contribution in [1.82, 2.24) is 4.90 Å². The summed E-state index contributed by atoms with van der Waals surface area (Å²) < 4.78 is 5.46. The molecule has 2 fully saturated rings. The average molecular weight is 287 g/mol. The number of nitrogens with zero attached hydrogens (tertiary/aromatic N) is 1. The van der Waals surface area contributed by atoms with Crippen molar-refractivity contribution in [2.24, 2.45) is 5.92 Å². The molecule has 4 atom stereocenters. The van der Waals surface area contributed by atoms with E-state index in [0.29, 0.717) is 24.5 Å². The SMILES string of the molecule is CCCN(C1CCCSC1C)C1COCC1C(=O)O. The van der Waals surface area contributed by atoms with E-state index in [-0.39, 0.29) is 12.0 Å². The normalized spacial score (nSPS) is 35.7. The first kappa shape index (κ1) is 15.1. The van der Waals surface area contributed by atoms with Gasteiger partial charge in [0.25, 0.3) is 0 Å². The number of carboxylic acids is 1. The second-order valence-corrected chi connectivity index (χ2v) is 7.06. The number of carboxylic acid groups (broad SMARTS) is 1. The van der Waals surface area contributed by atoms with Crippen LogP contribution in [0.15, 0.2) is 0 Å². The van der Waals surface area contributed by atoms with E-state index in [2.05, 4.69) is 18.7 Å². The molecule has 19 heavy (non-hydrogen) atoms. The van der Waals surface area contributed by atoms with Gasteiger partial charge in [0.1, 0.15) is 0 Å². The van der Waals surface area contributed by atoms with Crippen molar-refractivity contribution in [3.05, 3.63) is 0 Å². The smallest absolute Gasteiger partial charge is 0.310 e. The fourth-order valence-corrected chi connectivity index (χ4v) is 4.50. The highest BCUT2D eigenvalue weighted by atomic mass is 32.2. The Bertz CT molecular complexity index is 313. The lowest BCUT2D eigenvalue weighted by atomic mass is 9.97. The third kappa shape index (κ3) is 3.44. The van der Waals surface area contributed by atoms with Crippen LogP contribution in [-0.2, 0) is 9.53 Å². The summed E-state index contributed by atoms with van der Waals surface area (Å²) in [6, 6.07) is 0.566. The van der Waals surface area contributed by atoms with Crippen LogP contribution in [0.2, 0.25) is 0 Å². The Morgan fingerprint density at radius 2 is 2.21 bits per heavy atom. The first-order valence-electron chi connectivity index (χ1n) is 7.33. The van der Waals surface area contributed by atoms with Crippen molar-refractivity contribution >= 4 is 17.7 Å². The minimum absolute atomic E-state index is 0.0589. The van der Waals surface area contributed by atoms with Crippen LogP contribution in [0.5, 0.6) is 0 Å². The molecule has 4 unspecified atom stereocenters. The standard InChI is InChI=1S/C14H25NO3S/c1-3-6-15(12-5-4-7-19-10(12)2)13-9-18-8-11(13)14(16)17/h10-13H,3-9H2,1-2H3,(H,16,17). The van der Waals surface area contributed by atoms with Crippen molar-refractivity contribution in [3.8, 4) is 0 Å². The lowest BCUT2D eigenvalue weighted by Gasteiger charge is -2.42. The van der Waals surface area contributed by atoms with Gasteiger partial charge in [0, 0.05) is 17.3 Å². The highest BCUT2D eigenvalue weighted by Crippen LogP contribution is 2.33. The highest BCUT2D eigenvalue weighted by molar-refractivity contribution is 7.99. The zero-order valence-electron chi connectivity index (χ0n) is 11.9. The molecule has 4 nitrogen and oxygen atoms in total. The van der Waals surface area contributed by atoms with Crippen molar-refractivity contribution in [2.45, 2.75) is 50.4 Å². The predicted molar refractivity (Wildman–Crippen MR) is 77.7 cm³/mol. The van der Waals surface area contributed by atoms with Crippen molar-refractivity contribution < 1.29 is 14.6 Å². The molecule has 110 valence electrons. The molecule has 0 radical (unpaired) electrons. The maximum Gasteiger partial charge on any atom is 0.310 e. The zero-order chi connectivity index (χ0) is 13.8. The van der Waals surface area contributed by atoms with Crippen LogP contribution in [0.25, 0.3) is 0 Å². The van der Waals surface area contributed by atoms with Gasteiger partial charge in [0.15, 0.2) is 0 Å². The van der Waals surface area contributed by atoms with E-state index in [1.807, 2.05) is 11.8 Å². The molecule has 0 saturated carbocycles. The molecule has 2 saturated heterocycles. The van der Waals surface area contributed by atoms with Crippen molar-refractivity contribution in [2.75, 3.05) is 25.5 Å². The molecule has 2 aliphatic heterocycles. The van der Waals surface area contributed by atoms with E-state index < -0.39 is 5.97 Å². The Hall–Kier alpha value is -0.260. The Morgan fingerprint density at radius 3 is 2.84 bits per heavy atom. The monoisotopic (exact) mass is 287 g/mol. The number of carbonyl (C=O) groups is 1. The van der Waals surface area contributed by atoms with Crippen molar-refractivity contribution in [3.63, 3.8) is 0 Å². The molecule has 0 bridgehead atoms. The van der Waals surface area contributed by atoms with E-state index in [4.69, 9.17) is 4.74 Å². The largest absolute Gasteiger partial charge is 0.481 e. The number of ether oxygens (including phenoxy) is 1. The van der Waals surface area contributed by atoms with Crippen LogP contribution in [-0.4, -0.2) is 58.8 Å². The van der Waals surface area contributed by atoms with Crippen LogP contribution in [0.4, 0.5) is 0 Å². The fourth-order valence-electron chi connectivity index (χ4n) is 3.28. The van der Waals surface area contributed by atoms with Crippen LogP contribution in [0.1, 0.15) is 33.1 Å². The second kappa shape index (κ2) is 6.95. The number of aliphatic carboxylic acids is 1. The molecular formula is C14H25NO3S. The van der Waals surface area contributed by atoms with Crippen LogP contribution in [0, 0.1) is 5.92 Å². The summed E-state index contributed by atoms with van der Waals surface area (Å²) in [4.78, 5) is 13.8. The van der Waals surface area contributed by atoms with Gasteiger partial charge in [-0.3, -0.25) is 9.69 Å². The summed E-state index contributed by atoms with van der Waals surface area (Å²) in [5, 5.41) is 9.95. The molecule has 2 heterocycles. The minimum Gasteiger partial charge on any atom is -0.481 e. The summed E-state index contributed by atoms with van der Waals surface area (Å²) in [5.74, 6) is 0.173. The van der Waals surface area contributed by atoms with Gasteiger partial charge in [0.2, 0.25) is 0 Å². The Morgan fingerprint density at radius 1 is 1.42 bits per heavy atom. The van der Waals surface area contributed by atoms with E-state index in [1.165, 1.54) is 18.6 Å². The highest BCUT2D eigenvalue weighted by Gasteiger charge is 2.41. The molecule has 1 N–H and O–H groups in total. The fraction of sp³-hybridized carbons (Fsp3) is 0.929. The number of rotatable bonds is 5. The van der Waals surface area contributed by atoms with Crippen molar-refractivity contribution in [1.29, 1.82) is 0 Å². The minimum atomic E-state index is -0.709. The lowest BCUT2D eigenvalue weighted by molar-refractivity contribution is -0.143. The molecular weight excluding hydrogens is 262 g/mol. The van der Waals surface area contributed by atoms with Gasteiger partial charge >= 0.3 is 5.97 Å².